The van der Waals surface area contributed by atoms with Gasteiger partial charge in [0.25, 0.3) is 5.91 Å². The summed E-state index contributed by atoms with van der Waals surface area (Å²) in [5.41, 5.74) is 1.95. The van der Waals surface area contributed by atoms with Crippen molar-refractivity contribution in [2.24, 2.45) is 0 Å². The van der Waals surface area contributed by atoms with Crippen molar-refractivity contribution in [3.63, 3.8) is 0 Å². The van der Waals surface area contributed by atoms with E-state index in [1.54, 1.807) is 24.3 Å². The summed E-state index contributed by atoms with van der Waals surface area (Å²) in [5, 5.41) is 8.51. The van der Waals surface area contributed by atoms with Crippen molar-refractivity contribution in [2.75, 3.05) is 16.4 Å². The molecule has 0 heterocycles. The molecule has 154 valence electrons. The van der Waals surface area contributed by atoms with E-state index in [2.05, 4.69) is 10.6 Å². The molecule has 0 saturated heterocycles. The molecule has 4 aromatic rings. The first kappa shape index (κ1) is 21.0. The quantitative estimate of drug-likeness (QED) is 0.333. The van der Waals surface area contributed by atoms with Crippen LogP contribution in [0.3, 0.4) is 0 Å². The van der Waals surface area contributed by atoms with E-state index in [-0.39, 0.29) is 11.8 Å². The maximum atomic E-state index is 12.3. The Morgan fingerprint density at radius 1 is 0.742 bits per heavy atom. The third-order valence-electron chi connectivity index (χ3n) is 4.60. The number of fused-ring (bicyclic) bond motifs is 1. The Labute approximate surface area is 189 Å². The highest BCUT2D eigenvalue weighted by Gasteiger charge is 2.08. The van der Waals surface area contributed by atoms with Gasteiger partial charge in [-0.05, 0) is 65.4 Å². The molecule has 0 aromatic heterocycles. The van der Waals surface area contributed by atoms with Gasteiger partial charge in [0, 0.05) is 26.9 Å². The molecule has 0 spiro atoms. The van der Waals surface area contributed by atoms with Gasteiger partial charge in [0.2, 0.25) is 5.91 Å². The van der Waals surface area contributed by atoms with E-state index in [9.17, 15) is 9.59 Å². The van der Waals surface area contributed by atoms with Gasteiger partial charge in [0.15, 0.2) is 0 Å². The van der Waals surface area contributed by atoms with Crippen molar-refractivity contribution in [1.29, 1.82) is 0 Å². The molecule has 0 fully saturated rings. The first-order valence-corrected chi connectivity index (χ1v) is 11.0. The van der Waals surface area contributed by atoms with Crippen molar-refractivity contribution in [2.45, 2.75) is 4.90 Å². The Kier molecular flexibility index (Phi) is 6.55. The molecule has 2 N–H and O–H groups in total. The predicted molar refractivity (Wildman–Crippen MR) is 129 cm³/mol. The smallest absolute Gasteiger partial charge is 0.255 e. The third-order valence-corrected chi connectivity index (χ3v) is 5.85. The molecule has 4 aromatic carbocycles. The van der Waals surface area contributed by atoms with Crippen LogP contribution >= 0.6 is 23.4 Å². The fraction of sp³-hybridized carbons (Fsp3) is 0.0400. The minimum absolute atomic E-state index is 0.0707. The summed E-state index contributed by atoms with van der Waals surface area (Å²) in [6, 6.07) is 28.1. The minimum atomic E-state index is -0.224. The highest BCUT2D eigenvalue weighted by atomic mass is 35.5. The van der Waals surface area contributed by atoms with E-state index < -0.39 is 0 Å². The Bertz CT molecular complexity index is 1240. The number of thioether (sulfide) groups is 1. The van der Waals surface area contributed by atoms with Gasteiger partial charge in [-0.2, -0.15) is 0 Å². The molecule has 0 unspecified atom stereocenters. The SMILES string of the molecule is O=C(CSc1ccc(NC(=O)c2cccc(Cl)c2)cc1)Nc1ccc2ccccc2c1. The van der Waals surface area contributed by atoms with E-state index in [1.165, 1.54) is 11.8 Å². The normalized spacial score (nSPS) is 10.6. The van der Waals surface area contributed by atoms with Gasteiger partial charge >= 0.3 is 0 Å². The standard InChI is InChI=1S/C25H19ClN2O2S/c26-20-7-3-6-19(14-20)25(30)28-21-10-12-23(13-11-21)31-16-24(29)27-22-9-8-17-4-1-2-5-18(17)15-22/h1-15H,16H2,(H,27,29)(H,28,30). The lowest BCUT2D eigenvalue weighted by molar-refractivity contribution is -0.113. The zero-order valence-corrected chi connectivity index (χ0v) is 18.0. The number of amides is 2. The van der Waals surface area contributed by atoms with E-state index in [0.29, 0.717) is 22.0 Å². The van der Waals surface area contributed by atoms with Crippen LogP contribution in [0.25, 0.3) is 10.8 Å². The van der Waals surface area contributed by atoms with E-state index in [4.69, 9.17) is 11.6 Å². The molecule has 0 aliphatic rings. The highest BCUT2D eigenvalue weighted by Crippen LogP contribution is 2.23. The van der Waals surface area contributed by atoms with Crippen molar-refractivity contribution >= 4 is 57.3 Å². The van der Waals surface area contributed by atoms with Crippen molar-refractivity contribution in [3.8, 4) is 0 Å². The van der Waals surface area contributed by atoms with Gasteiger partial charge < -0.3 is 10.6 Å². The number of hydrogen-bond acceptors (Lipinski definition) is 3. The molecular weight excluding hydrogens is 428 g/mol. The summed E-state index contributed by atoms with van der Waals surface area (Å²) in [5.74, 6) is -0.00240. The van der Waals surface area contributed by atoms with Gasteiger partial charge in [-0.3, -0.25) is 9.59 Å². The number of carbonyl (C=O) groups is 2. The molecule has 0 bridgehead atoms. The summed E-state index contributed by atoms with van der Waals surface area (Å²) in [7, 11) is 0. The second-order valence-electron chi connectivity index (χ2n) is 6.89. The summed E-state index contributed by atoms with van der Waals surface area (Å²) in [6.07, 6.45) is 0. The molecular formula is C25H19ClN2O2S. The number of nitrogens with one attached hydrogen (secondary N) is 2. The Morgan fingerprint density at radius 3 is 2.26 bits per heavy atom. The summed E-state index contributed by atoms with van der Waals surface area (Å²) in [4.78, 5) is 25.6. The minimum Gasteiger partial charge on any atom is -0.325 e. The van der Waals surface area contributed by atoms with Crippen molar-refractivity contribution < 1.29 is 9.59 Å². The van der Waals surface area contributed by atoms with Crippen LogP contribution in [0.5, 0.6) is 0 Å². The number of halogens is 1. The second-order valence-corrected chi connectivity index (χ2v) is 8.37. The van der Waals surface area contributed by atoms with E-state index in [1.807, 2.05) is 66.7 Å². The average molecular weight is 447 g/mol. The van der Waals surface area contributed by atoms with Gasteiger partial charge in [0.05, 0.1) is 5.75 Å². The number of rotatable bonds is 6. The lowest BCUT2D eigenvalue weighted by Gasteiger charge is -2.08. The first-order chi connectivity index (χ1) is 15.1. The molecule has 31 heavy (non-hydrogen) atoms. The van der Waals surface area contributed by atoms with E-state index >= 15 is 0 Å². The maximum Gasteiger partial charge on any atom is 0.255 e. The molecule has 4 nitrogen and oxygen atoms in total. The Balaban J connectivity index is 1.30. The monoisotopic (exact) mass is 446 g/mol. The highest BCUT2D eigenvalue weighted by molar-refractivity contribution is 8.00. The number of hydrogen-bond donors (Lipinski definition) is 2. The van der Waals surface area contributed by atoms with Gasteiger partial charge in [-0.15, -0.1) is 11.8 Å². The van der Waals surface area contributed by atoms with Gasteiger partial charge in [-0.25, -0.2) is 0 Å². The zero-order chi connectivity index (χ0) is 21.6. The lowest BCUT2D eigenvalue weighted by Crippen LogP contribution is -2.14. The van der Waals surface area contributed by atoms with Crippen LogP contribution in [-0.4, -0.2) is 17.6 Å². The number of anilines is 2. The topological polar surface area (TPSA) is 58.2 Å². The number of benzene rings is 4. The average Bonchev–Trinajstić information content (AvgIpc) is 2.78. The molecule has 0 atom stereocenters. The molecule has 2 amide bonds. The number of carbonyl (C=O) groups excluding carboxylic acids is 2. The zero-order valence-electron chi connectivity index (χ0n) is 16.5. The van der Waals surface area contributed by atoms with Gasteiger partial charge in [0.1, 0.15) is 0 Å². The molecule has 4 rings (SSSR count). The van der Waals surface area contributed by atoms with Gasteiger partial charge in [-0.1, -0.05) is 48.0 Å². The molecule has 0 saturated carbocycles. The third kappa shape index (κ3) is 5.66. The summed E-state index contributed by atoms with van der Waals surface area (Å²) in [6.45, 7) is 0. The molecule has 0 aliphatic carbocycles. The van der Waals surface area contributed by atoms with Crippen LogP contribution < -0.4 is 10.6 Å². The largest absolute Gasteiger partial charge is 0.325 e. The van der Waals surface area contributed by atoms with Crippen LogP contribution in [0.1, 0.15) is 10.4 Å². The van der Waals surface area contributed by atoms with Crippen molar-refractivity contribution in [1.82, 2.24) is 0 Å². The summed E-state index contributed by atoms with van der Waals surface area (Å²) >= 11 is 7.37. The fourth-order valence-corrected chi connectivity index (χ4v) is 3.97. The predicted octanol–water partition coefficient (Wildman–Crippen LogP) is 6.48. The first-order valence-electron chi connectivity index (χ1n) is 9.65. The van der Waals surface area contributed by atoms with Crippen LogP contribution in [0.2, 0.25) is 5.02 Å². The van der Waals surface area contributed by atoms with Crippen molar-refractivity contribution in [3.05, 3.63) is 102 Å². The van der Waals surface area contributed by atoms with Crippen LogP contribution in [0, 0.1) is 0 Å². The van der Waals surface area contributed by atoms with E-state index in [0.717, 1.165) is 21.4 Å². The fourth-order valence-electron chi connectivity index (χ4n) is 3.08. The molecule has 6 heteroatoms. The van der Waals surface area contributed by atoms with Crippen LogP contribution in [0.15, 0.2) is 95.9 Å². The molecule has 0 radical (unpaired) electrons. The summed E-state index contributed by atoms with van der Waals surface area (Å²) < 4.78 is 0. The molecule has 0 aliphatic heterocycles. The lowest BCUT2D eigenvalue weighted by atomic mass is 10.1. The second kappa shape index (κ2) is 9.69. The van der Waals surface area contributed by atoms with Crippen LogP contribution in [0.4, 0.5) is 11.4 Å². The Hall–Kier alpha value is -3.28. The Morgan fingerprint density at radius 2 is 1.48 bits per heavy atom. The maximum absolute atomic E-state index is 12.3. The van der Waals surface area contributed by atoms with Crippen LogP contribution in [-0.2, 0) is 4.79 Å².